The van der Waals surface area contributed by atoms with Crippen LogP contribution < -0.4 is 14.8 Å². The third-order valence-electron chi connectivity index (χ3n) is 3.39. The molecule has 6 nitrogen and oxygen atoms in total. The highest BCUT2D eigenvalue weighted by Crippen LogP contribution is 2.27. The van der Waals surface area contributed by atoms with Crippen LogP contribution in [-0.4, -0.2) is 31.9 Å². The standard InChI is InChI=1S/C17H19NO5S/c1-21-15-4-3-12(9-16(15)22-2)5-7-18-17(19)14(10-23-20)13-6-8-24-11-13/h3-4,6,8-11,20H,5,7H2,1-2H3,(H,18,19). The molecule has 0 radical (unpaired) electrons. The van der Waals surface area contributed by atoms with Crippen LogP contribution in [0, 0.1) is 0 Å². The minimum atomic E-state index is -0.317. The monoisotopic (exact) mass is 349 g/mol. The molecule has 7 heteroatoms. The van der Waals surface area contributed by atoms with Gasteiger partial charge in [0.1, 0.15) is 6.26 Å². The maximum atomic E-state index is 12.2. The van der Waals surface area contributed by atoms with Crippen molar-refractivity contribution in [3.63, 3.8) is 0 Å². The first-order valence-electron chi connectivity index (χ1n) is 7.21. The van der Waals surface area contributed by atoms with Gasteiger partial charge in [0.25, 0.3) is 5.91 Å². The van der Waals surface area contributed by atoms with E-state index in [9.17, 15) is 4.79 Å². The molecular weight excluding hydrogens is 330 g/mol. The Morgan fingerprint density at radius 1 is 1.25 bits per heavy atom. The molecule has 0 saturated carbocycles. The molecule has 0 bridgehead atoms. The summed E-state index contributed by atoms with van der Waals surface area (Å²) in [7, 11) is 3.16. The van der Waals surface area contributed by atoms with Gasteiger partial charge in [-0.2, -0.15) is 11.3 Å². The second kappa shape index (κ2) is 8.95. The van der Waals surface area contributed by atoms with Crippen LogP contribution in [0.4, 0.5) is 0 Å². The third kappa shape index (κ3) is 4.50. The number of ether oxygens (including phenoxy) is 2. The lowest BCUT2D eigenvalue weighted by atomic mass is 10.1. The second-order valence-corrected chi connectivity index (χ2v) is 5.62. The highest BCUT2D eigenvalue weighted by atomic mass is 32.1. The highest BCUT2D eigenvalue weighted by molar-refractivity contribution is 7.08. The summed E-state index contributed by atoms with van der Waals surface area (Å²) < 4.78 is 10.5. The van der Waals surface area contributed by atoms with Gasteiger partial charge in [0.15, 0.2) is 11.5 Å². The van der Waals surface area contributed by atoms with Crippen molar-refractivity contribution in [1.82, 2.24) is 5.32 Å². The van der Waals surface area contributed by atoms with Crippen LogP contribution in [-0.2, 0) is 16.1 Å². The zero-order chi connectivity index (χ0) is 17.4. The van der Waals surface area contributed by atoms with Gasteiger partial charge in [-0.3, -0.25) is 4.79 Å². The molecule has 128 valence electrons. The van der Waals surface area contributed by atoms with E-state index in [1.165, 1.54) is 11.3 Å². The van der Waals surface area contributed by atoms with Crippen molar-refractivity contribution in [3.8, 4) is 11.5 Å². The summed E-state index contributed by atoms with van der Waals surface area (Å²) in [5, 5.41) is 15.1. The summed E-state index contributed by atoms with van der Waals surface area (Å²) in [5.41, 5.74) is 1.97. The van der Waals surface area contributed by atoms with Gasteiger partial charge in [-0.25, -0.2) is 5.26 Å². The molecule has 0 aliphatic heterocycles. The molecule has 1 amide bonds. The Labute approximate surface area is 144 Å². The molecule has 1 aromatic carbocycles. The molecule has 0 aliphatic rings. The van der Waals surface area contributed by atoms with E-state index < -0.39 is 0 Å². The first-order valence-corrected chi connectivity index (χ1v) is 8.16. The molecule has 0 spiro atoms. The van der Waals surface area contributed by atoms with Crippen LogP contribution in [0.2, 0.25) is 0 Å². The predicted octanol–water partition coefficient (Wildman–Crippen LogP) is 2.95. The zero-order valence-electron chi connectivity index (χ0n) is 13.4. The average Bonchev–Trinajstić information content (AvgIpc) is 3.13. The van der Waals surface area contributed by atoms with Crippen LogP contribution in [0.3, 0.4) is 0 Å². The van der Waals surface area contributed by atoms with E-state index in [-0.39, 0.29) is 11.5 Å². The number of rotatable bonds is 8. The summed E-state index contributed by atoms with van der Waals surface area (Å²) in [5.74, 6) is 0.991. The zero-order valence-corrected chi connectivity index (χ0v) is 14.3. The quantitative estimate of drug-likeness (QED) is 0.332. The number of methoxy groups -OCH3 is 2. The number of benzene rings is 1. The smallest absolute Gasteiger partial charge is 0.255 e. The molecule has 1 heterocycles. The summed E-state index contributed by atoms with van der Waals surface area (Å²) in [4.78, 5) is 16.3. The van der Waals surface area contributed by atoms with Crippen molar-refractivity contribution in [3.05, 3.63) is 52.4 Å². The van der Waals surface area contributed by atoms with Crippen LogP contribution >= 0.6 is 11.3 Å². The van der Waals surface area contributed by atoms with Crippen LogP contribution in [0.1, 0.15) is 11.1 Å². The maximum absolute atomic E-state index is 12.2. The topological polar surface area (TPSA) is 77.0 Å². The molecule has 2 rings (SSSR count). The molecule has 0 atom stereocenters. The van der Waals surface area contributed by atoms with Crippen LogP contribution in [0.5, 0.6) is 11.5 Å². The minimum Gasteiger partial charge on any atom is -0.493 e. The average molecular weight is 349 g/mol. The Morgan fingerprint density at radius 2 is 2.04 bits per heavy atom. The largest absolute Gasteiger partial charge is 0.493 e. The Morgan fingerprint density at radius 3 is 2.67 bits per heavy atom. The SMILES string of the molecule is COc1ccc(CCNC(=O)C(=COO)c2ccsc2)cc1OC. The van der Waals surface area contributed by atoms with Crippen molar-refractivity contribution < 1.29 is 24.4 Å². The number of hydrogen-bond acceptors (Lipinski definition) is 6. The Kier molecular flexibility index (Phi) is 6.65. The van der Waals surface area contributed by atoms with E-state index in [4.69, 9.17) is 14.7 Å². The number of carbonyl (C=O) groups is 1. The fraction of sp³-hybridized carbons (Fsp3) is 0.235. The lowest BCUT2D eigenvalue weighted by Crippen LogP contribution is -2.26. The lowest BCUT2D eigenvalue weighted by Gasteiger charge is -2.10. The Bertz CT molecular complexity index is 697. The van der Waals surface area contributed by atoms with Gasteiger partial charge in [-0.05, 0) is 40.9 Å². The number of amides is 1. The lowest BCUT2D eigenvalue weighted by molar-refractivity contribution is -0.186. The summed E-state index contributed by atoms with van der Waals surface area (Å²) in [6, 6.07) is 7.40. The summed E-state index contributed by atoms with van der Waals surface area (Å²) >= 11 is 1.46. The molecular formula is C17H19NO5S. The van der Waals surface area contributed by atoms with Gasteiger partial charge in [-0.15, -0.1) is 0 Å². The number of hydrogen-bond donors (Lipinski definition) is 2. The van der Waals surface area contributed by atoms with Gasteiger partial charge < -0.3 is 19.7 Å². The molecule has 0 unspecified atom stereocenters. The van der Waals surface area contributed by atoms with Crippen molar-refractivity contribution in [2.24, 2.45) is 0 Å². The normalized spacial score (nSPS) is 11.0. The fourth-order valence-corrected chi connectivity index (χ4v) is 2.83. The van der Waals surface area contributed by atoms with Crippen molar-refractivity contribution >= 4 is 22.8 Å². The molecule has 0 fully saturated rings. The van der Waals surface area contributed by atoms with Gasteiger partial charge >= 0.3 is 0 Å². The molecule has 24 heavy (non-hydrogen) atoms. The molecule has 1 aromatic heterocycles. The summed E-state index contributed by atoms with van der Waals surface area (Å²) in [6.07, 6.45) is 1.65. The maximum Gasteiger partial charge on any atom is 0.255 e. The Balaban J connectivity index is 1.96. The van der Waals surface area contributed by atoms with Gasteiger partial charge in [0.05, 0.1) is 19.8 Å². The van der Waals surface area contributed by atoms with Crippen LogP contribution in [0.15, 0.2) is 41.3 Å². The van der Waals surface area contributed by atoms with E-state index in [0.717, 1.165) is 11.8 Å². The summed E-state index contributed by atoms with van der Waals surface area (Å²) in [6.45, 7) is 0.432. The van der Waals surface area contributed by atoms with Crippen molar-refractivity contribution in [2.45, 2.75) is 6.42 Å². The predicted molar refractivity (Wildman–Crippen MR) is 92.3 cm³/mol. The minimum absolute atomic E-state index is 0.270. The molecule has 0 saturated heterocycles. The van der Waals surface area contributed by atoms with Crippen molar-refractivity contribution in [1.29, 1.82) is 0 Å². The highest BCUT2D eigenvalue weighted by Gasteiger charge is 2.13. The second-order valence-electron chi connectivity index (χ2n) is 4.84. The molecule has 2 N–H and O–H groups in total. The van der Waals surface area contributed by atoms with E-state index in [1.54, 1.807) is 25.7 Å². The van der Waals surface area contributed by atoms with Gasteiger partial charge in [0, 0.05) is 12.1 Å². The first kappa shape index (κ1) is 17.8. The first-order chi connectivity index (χ1) is 11.7. The van der Waals surface area contributed by atoms with Gasteiger partial charge in [0.2, 0.25) is 0 Å². The van der Waals surface area contributed by atoms with E-state index in [1.807, 2.05) is 23.6 Å². The number of thiophene rings is 1. The van der Waals surface area contributed by atoms with E-state index in [0.29, 0.717) is 30.0 Å². The van der Waals surface area contributed by atoms with E-state index >= 15 is 0 Å². The Hall–Kier alpha value is -2.51. The third-order valence-corrected chi connectivity index (χ3v) is 4.08. The molecule has 2 aromatic rings. The van der Waals surface area contributed by atoms with E-state index in [2.05, 4.69) is 10.2 Å². The van der Waals surface area contributed by atoms with Crippen molar-refractivity contribution in [2.75, 3.05) is 20.8 Å². The van der Waals surface area contributed by atoms with Gasteiger partial charge in [-0.1, -0.05) is 6.07 Å². The number of nitrogens with one attached hydrogen (secondary N) is 1. The molecule has 0 aliphatic carbocycles. The fourth-order valence-electron chi connectivity index (χ4n) is 2.17. The number of carbonyl (C=O) groups excluding carboxylic acids is 1. The van der Waals surface area contributed by atoms with Crippen LogP contribution in [0.25, 0.3) is 5.57 Å².